The van der Waals surface area contributed by atoms with Crippen LogP contribution in [0.15, 0.2) is 72.8 Å². The maximum atomic E-state index is 12.5. The number of esters is 2. The Kier molecular flexibility index (Phi) is 6.60. The third kappa shape index (κ3) is 5.11. The van der Waals surface area contributed by atoms with Gasteiger partial charge >= 0.3 is 11.9 Å². The van der Waals surface area contributed by atoms with Crippen LogP contribution in [0.5, 0.6) is 0 Å². The number of carbonyl (C=O) groups excluding carboxylic acids is 3. The quantitative estimate of drug-likeness (QED) is 0.627. The largest absolute Gasteiger partial charge is 0.465 e. The normalized spacial score (nSPS) is 10.2. The second-order valence-electron chi connectivity index (χ2n) is 6.57. The van der Waals surface area contributed by atoms with E-state index < -0.39 is 11.9 Å². The van der Waals surface area contributed by atoms with Gasteiger partial charge in [-0.15, -0.1) is 0 Å². The van der Waals surface area contributed by atoms with E-state index in [9.17, 15) is 14.4 Å². The summed E-state index contributed by atoms with van der Waals surface area (Å²) in [4.78, 5) is 36.2. The van der Waals surface area contributed by atoms with Crippen LogP contribution < -0.4 is 5.32 Å². The molecule has 1 N–H and O–H groups in total. The first-order chi connectivity index (χ1) is 14.5. The van der Waals surface area contributed by atoms with Crippen molar-refractivity contribution in [3.63, 3.8) is 0 Å². The summed E-state index contributed by atoms with van der Waals surface area (Å²) in [5, 5.41) is 2.72. The van der Waals surface area contributed by atoms with Crippen molar-refractivity contribution in [3.05, 3.63) is 89.5 Å². The van der Waals surface area contributed by atoms with Gasteiger partial charge < -0.3 is 14.8 Å². The topological polar surface area (TPSA) is 81.7 Å². The molecule has 0 fully saturated rings. The molecule has 6 heteroatoms. The number of carbonyl (C=O) groups is 3. The molecule has 3 aromatic rings. The molecular formula is C24H21NO5. The average molecular weight is 403 g/mol. The predicted octanol–water partition coefficient (Wildman–Crippen LogP) is 4.11. The molecule has 6 nitrogen and oxygen atoms in total. The number of ether oxygens (including phenoxy) is 2. The number of anilines is 1. The Morgan fingerprint density at radius 2 is 1.27 bits per heavy atom. The van der Waals surface area contributed by atoms with Gasteiger partial charge in [-0.3, -0.25) is 4.79 Å². The smallest absolute Gasteiger partial charge is 0.337 e. The van der Waals surface area contributed by atoms with Crippen LogP contribution >= 0.6 is 0 Å². The summed E-state index contributed by atoms with van der Waals surface area (Å²) in [7, 11) is 2.48. The molecule has 30 heavy (non-hydrogen) atoms. The van der Waals surface area contributed by atoms with E-state index in [1.165, 1.54) is 32.4 Å². The zero-order valence-corrected chi connectivity index (χ0v) is 16.7. The highest BCUT2D eigenvalue weighted by molar-refractivity contribution is 5.99. The number of amides is 1. The predicted molar refractivity (Wildman–Crippen MR) is 113 cm³/mol. The molecular weight excluding hydrogens is 382 g/mol. The first-order valence-corrected chi connectivity index (χ1v) is 9.26. The van der Waals surface area contributed by atoms with Crippen LogP contribution in [-0.4, -0.2) is 32.1 Å². The Bertz CT molecular complexity index is 1020. The number of hydrogen-bond acceptors (Lipinski definition) is 5. The first kappa shape index (κ1) is 20.8. The molecule has 0 saturated carbocycles. The molecule has 3 rings (SSSR count). The highest BCUT2D eigenvalue weighted by Crippen LogP contribution is 2.20. The van der Waals surface area contributed by atoms with Crippen molar-refractivity contribution in [1.82, 2.24) is 0 Å². The molecule has 0 aliphatic carbocycles. The van der Waals surface area contributed by atoms with E-state index in [-0.39, 0.29) is 23.5 Å². The SMILES string of the molecule is COC(=O)c1cc(NC(=O)Cc2ccc(-c3ccccc3)cc2)cc(C(=O)OC)c1. The second kappa shape index (κ2) is 9.52. The maximum Gasteiger partial charge on any atom is 0.337 e. The van der Waals surface area contributed by atoms with E-state index in [1.807, 2.05) is 54.6 Å². The van der Waals surface area contributed by atoms with Crippen molar-refractivity contribution in [1.29, 1.82) is 0 Å². The summed E-state index contributed by atoms with van der Waals surface area (Å²) in [6, 6.07) is 21.9. The Balaban J connectivity index is 1.74. The van der Waals surface area contributed by atoms with Crippen LogP contribution in [0.4, 0.5) is 5.69 Å². The fourth-order valence-corrected chi connectivity index (χ4v) is 3.01. The zero-order valence-electron chi connectivity index (χ0n) is 16.7. The van der Waals surface area contributed by atoms with Gasteiger partial charge in [0.2, 0.25) is 5.91 Å². The van der Waals surface area contributed by atoms with E-state index in [4.69, 9.17) is 9.47 Å². The first-order valence-electron chi connectivity index (χ1n) is 9.26. The third-order valence-corrected chi connectivity index (χ3v) is 4.48. The summed E-state index contributed by atoms with van der Waals surface area (Å²) < 4.78 is 9.41. The Morgan fingerprint density at radius 1 is 0.733 bits per heavy atom. The molecule has 1 amide bonds. The fraction of sp³-hybridized carbons (Fsp3) is 0.125. The van der Waals surface area contributed by atoms with Crippen LogP contribution in [0.3, 0.4) is 0 Å². The number of benzene rings is 3. The Labute approximate surface area is 174 Å². The molecule has 0 unspecified atom stereocenters. The van der Waals surface area contributed by atoms with Crippen molar-refractivity contribution >= 4 is 23.5 Å². The lowest BCUT2D eigenvalue weighted by atomic mass is 10.0. The minimum Gasteiger partial charge on any atom is -0.465 e. The van der Waals surface area contributed by atoms with Gasteiger partial charge in [-0.1, -0.05) is 54.6 Å². The molecule has 0 bridgehead atoms. The highest BCUT2D eigenvalue weighted by Gasteiger charge is 2.15. The lowest BCUT2D eigenvalue weighted by Gasteiger charge is -2.10. The van der Waals surface area contributed by atoms with Gasteiger partial charge in [0.15, 0.2) is 0 Å². The fourth-order valence-electron chi connectivity index (χ4n) is 3.01. The highest BCUT2D eigenvalue weighted by atomic mass is 16.5. The average Bonchev–Trinajstić information content (AvgIpc) is 2.78. The number of hydrogen-bond donors (Lipinski definition) is 1. The third-order valence-electron chi connectivity index (χ3n) is 4.48. The van der Waals surface area contributed by atoms with Gasteiger partial charge in [0.1, 0.15) is 0 Å². The van der Waals surface area contributed by atoms with Crippen molar-refractivity contribution in [2.75, 3.05) is 19.5 Å². The number of nitrogens with one attached hydrogen (secondary N) is 1. The van der Waals surface area contributed by atoms with E-state index in [0.717, 1.165) is 16.7 Å². The lowest BCUT2D eigenvalue weighted by molar-refractivity contribution is -0.115. The van der Waals surface area contributed by atoms with Gasteiger partial charge in [0.25, 0.3) is 0 Å². The van der Waals surface area contributed by atoms with Crippen LogP contribution in [0.1, 0.15) is 26.3 Å². The van der Waals surface area contributed by atoms with Gasteiger partial charge in [-0.05, 0) is 34.9 Å². The lowest BCUT2D eigenvalue weighted by Crippen LogP contribution is -2.16. The molecule has 3 aromatic carbocycles. The Morgan fingerprint density at radius 3 is 1.80 bits per heavy atom. The summed E-state index contributed by atoms with van der Waals surface area (Å²) >= 11 is 0. The van der Waals surface area contributed by atoms with Crippen molar-refractivity contribution < 1.29 is 23.9 Å². The van der Waals surface area contributed by atoms with Crippen LogP contribution in [-0.2, 0) is 20.7 Å². The number of methoxy groups -OCH3 is 2. The number of rotatable bonds is 6. The monoisotopic (exact) mass is 403 g/mol. The standard InChI is InChI=1S/C24H21NO5/c1-29-23(27)19-13-20(24(28)30-2)15-21(14-19)25-22(26)12-16-8-10-18(11-9-16)17-6-4-3-5-7-17/h3-11,13-15H,12H2,1-2H3,(H,25,26). The van der Waals surface area contributed by atoms with Gasteiger partial charge in [-0.25, -0.2) is 9.59 Å². The van der Waals surface area contributed by atoms with E-state index in [1.54, 1.807) is 0 Å². The molecule has 0 saturated heterocycles. The van der Waals surface area contributed by atoms with E-state index in [0.29, 0.717) is 5.69 Å². The molecule has 0 spiro atoms. The van der Waals surface area contributed by atoms with Gasteiger partial charge in [0.05, 0.1) is 31.8 Å². The van der Waals surface area contributed by atoms with Crippen LogP contribution in [0.2, 0.25) is 0 Å². The van der Waals surface area contributed by atoms with Gasteiger partial charge in [-0.2, -0.15) is 0 Å². The molecule has 0 aliphatic heterocycles. The van der Waals surface area contributed by atoms with Crippen LogP contribution in [0.25, 0.3) is 11.1 Å². The minimum absolute atomic E-state index is 0.142. The van der Waals surface area contributed by atoms with E-state index in [2.05, 4.69) is 5.32 Å². The molecule has 0 aromatic heterocycles. The summed E-state index contributed by atoms with van der Waals surface area (Å²) in [5.74, 6) is -1.51. The summed E-state index contributed by atoms with van der Waals surface area (Å²) in [6.45, 7) is 0. The van der Waals surface area contributed by atoms with Gasteiger partial charge in [0, 0.05) is 5.69 Å². The molecule has 152 valence electrons. The zero-order chi connectivity index (χ0) is 21.5. The second-order valence-corrected chi connectivity index (χ2v) is 6.57. The Hall–Kier alpha value is -3.93. The van der Waals surface area contributed by atoms with Crippen molar-refractivity contribution in [3.8, 4) is 11.1 Å². The van der Waals surface area contributed by atoms with Crippen molar-refractivity contribution in [2.24, 2.45) is 0 Å². The summed E-state index contributed by atoms with van der Waals surface area (Å²) in [5.41, 5.74) is 3.59. The van der Waals surface area contributed by atoms with E-state index >= 15 is 0 Å². The molecule has 0 aliphatic rings. The molecule has 0 heterocycles. The molecule has 0 atom stereocenters. The molecule has 0 radical (unpaired) electrons. The van der Waals surface area contributed by atoms with Crippen LogP contribution in [0, 0.1) is 0 Å². The summed E-state index contributed by atoms with van der Waals surface area (Å²) in [6.07, 6.45) is 0.144. The maximum absolute atomic E-state index is 12.5. The van der Waals surface area contributed by atoms with Crippen molar-refractivity contribution in [2.45, 2.75) is 6.42 Å². The minimum atomic E-state index is -0.618.